The zero-order valence-electron chi connectivity index (χ0n) is 15.5. The van der Waals surface area contributed by atoms with Crippen molar-refractivity contribution in [2.24, 2.45) is 0 Å². The molecule has 0 unspecified atom stereocenters. The number of hydrogen-bond donors (Lipinski definition) is 0. The number of fused-ring (bicyclic) bond motifs is 1. The van der Waals surface area contributed by atoms with E-state index in [2.05, 4.69) is 0 Å². The molecule has 4 rings (SSSR count). The van der Waals surface area contributed by atoms with E-state index in [4.69, 9.17) is 4.98 Å². The number of halogens is 3. The summed E-state index contributed by atoms with van der Waals surface area (Å²) < 4.78 is 39.9. The van der Waals surface area contributed by atoms with E-state index in [9.17, 15) is 18.0 Å². The van der Waals surface area contributed by atoms with Crippen LogP contribution in [0.5, 0.6) is 0 Å². The topological polar surface area (TPSA) is 34.9 Å². The highest BCUT2D eigenvalue weighted by molar-refractivity contribution is 7.99. The fraction of sp³-hybridized carbons (Fsp3) is 0.238. The summed E-state index contributed by atoms with van der Waals surface area (Å²) in [6.45, 7) is 1.98. The Morgan fingerprint density at radius 3 is 2.45 bits per heavy atom. The van der Waals surface area contributed by atoms with Gasteiger partial charge in [0.05, 0.1) is 21.8 Å². The molecule has 3 nitrogen and oxygen atoms in total. The van der Waals surface area contributed by atoms with Crippen LogP contribution in [0, 0.1) is 6.92 Å². The number of aryl methyl sites for hydroxylation is 2. The summed E-state index contributed by atoms with van der Waals surface area (Å²) in [6, 6.07) is 12.7. The number of alkyl halides is 3. The Labute approximate surface area is 174 Å². The Morgan fingerprint density at radius 2 is 1.79 bits per heavy atom. The second-order valence-corrected chi connectivity index (χ2v) is 8.78. The van der Waals surface area contributed by atoms with E-state index in [1.807, 2.05) is 31.2 Å². The van der Waals surface area contributed by atoms with Gasteiger partial charge in [0.25, 0.3) is 5.56 Å². The standard InChI is InChI=1S/C21H17F3N2OS2/c1-13-2-8-16(9-3-13)26-19(27)18-17(10-11-28-18)25-20(26)29-12-14-4-6-15(7-5-14)21(22,23)24/h2-9H,10-12H2,1H3. The second-order valence-electron chi connectivity index (χ2n) is 6.73. The van der Waals surface area contributed by atoms with Crippen LogP contribution in [-0.4, -0.2) is 15.3 Å². The van der Waals surface area contributed by atoms with Gasteiger partial charge < -0.3 is 0 Å². The third kappa shape index (κ3) is 4.23. The van der Waals surface area contributed by atoms with E-state index in [1.54, 1.807) is 4.57 Å². The summed E-state index contributed by atoms with van der Waals surface area (Å²) in [6.07, 6.45) is -3.60. The van der Waals surface area contributed by atoms with Gasteiger partial charge in [-0.3, -0.25) is 9.36 Å². The van der Waals surface area contributed by atoms with Crippen molar-refractivity contribution in [2.45, 2.75) is 35.3 Å². The zero-order chi connectivity index (χ0) is 20.6. The van der Waals surface area contributed by atoms with Gasteiger partial charge in [0.15, 0.2) is 5.16 Å². The monoisotopic (exact) mass is 434 g/mol. The molecule has 2 heterocycles. The molecule has 0 saturated carbocycles. The van der Waals surface area contributed by atoms with Crippen molar-refractivity contribution >= 4 is 23.5 Å². The van der Waals surface area contributed by atoms with Crippen LogP contribution >= 0.6 is 23.5 Å². The molecule has 29 heavy (non-hydrogen) atoms. The van der Waals surface area contributed by atoms with Gasteiger partial charge in [-0.25, -0.2) is 4.98 Å². The molecule has 0 aliphatic carbocycles. The summed E-state index contributed by atoms with van der Waals surface area (Å²) in [5, 5.41) is 0.556. The fourth-order valence-electron chi connectivity index (χ4n) is 3.05. The molecule has 3 aromatic rings. The predicted molar refractivity (Wildman–Crippen MR) is 110 cm³/mol. The lowest BCUT2D eigenvalue weighted by atomic mass is 10.1. The van der Waals surface area contributed by atoms with Gasteiger partial charge in [0, 0.05) is 17.9 Å². The Bertz CT molecular complexity index is 1090. The van der Waals surface area contributed by atoms with Crippen molar-refractivity contribution in [1.29, 1.82) is 0 Å². The first-order valence-electron chi connectivity index (χ1n) is 8.97. The van der Waals surface area contributed by atoms with Crippen LogP contribution in [-0.2, 0) is 18.3 Å². The summed E-state index contributed by atoms with van der Waals surface area (Å²) >= 11 is 2.88. The first kappa shape index (κ1) is 20.1. The van der Waals surface area contributed by atoms with Crippen molar-refractivity contribution in [3.63, 3.8) is 0 Å². The van der Waals surface area contributed by atoms with Crippen molar-refractivity contribution in [3.8, 4) is 5.69 Å². The van der Waals surface area contributed by atoms with Gasteiger partial charge in [-0.1, -0.05) is 41.6 Å². The van der Waals surface area contributed by atoms with E-state index in [1.165, 1.54) is 35.7 Å². The summed E-state index contributed by atoms with van der Waals surface area (Å²) in [5.41, 5.74) is 2.61. The molecule has 0 fully saturated rings. The Kier molecular flexibility index (Phi) is 5.48. The molecular formula is C21H17F3N2OS2. The van der Waals surface area contributed by atoms with Crippen LogP contribution in [0.4, 0.5) is 13.2 Å². The highest BCUT2D eigenvalue weighted by Crippen LogP contribution is 2.32. The third-order valence-corrected chi connectivity index (χ3v) is 6.72. The number of hydrogen-bond acceptors (Lipinski definition) is 4. The zero-order valence-corrected chi connectivity index (χ0v) is 17.1. The van der Waals surface area contributed by atoms with Crippen LogP contribution < -0.4 is 5.56 Å². The van der Waals surface area contributed by atoms with E-state index in [0.29, 0.717) is 15.8 Å². The minimum Gasteiger partial charge on any atom is -0.268 e. The quantitative estimate of drug-likeness (QED) is 0.401. The van der Waals surface area contributed by atoms with E-state index in [-0.39, 0.29) is 5.56 Å². The summed E-state index contributed by atoms with van der Waals surface area (Å²) in [7, 11) is 0. The third-order valence-electron chi connectivity index (χ3n) is 4.61. The number of rotatable bonds is 4. The Morgan fingerprint density at radius 1 is 1.10 bits per heavy atom. The molecule has 1 aliphatic rings. The molecule has 1 aliphatic heterocycles. The number of nitrogens with zero attached hydrogens (tertiary/aromatic N) is 2. The first-order valence-corrected chi connectivity index (χ1v) is 10.9. The molecule has 0 amide bonds. The predicted octanol–water partition coefficient (Wildman–Crippen LogP) is 5.50. The molecule has 0 atom stereocenters. The average Bonchev–Trinajstić information content (AvgIpc) is 3.16. The van der Waals surface area contributed by atoms with Gasteiger partial charge in [-0.15, -0.1) is 11.8 Å². The summed E-state index contributed by atoms with van der Waals surface area (Å²) in [5.74, 6) is 1.25. The van der Waals surface area contributed by atoms with Gasteiger partial charge in [0.2, 0.25) is 0 Å². The van der Waals surface area contributed by atoms with Crippen LogP contribution in [0.3, 0.4) is 0 Å². The maximum atomic E-state index is 13.1. The van der Waals surface area contributed by atoms with Crippen molar-refractivity contribution in [2.75, 3.05) is 5.75 Å². The van der Waals surface area contributed by atoms with Crippen LogP contribution in [0.25, 0.3) is 5.69 Å². The Hall–Kier alpha value is -2.19. The maximum absolute atomic E-state index is 13.1. The Balaban J connectivity index is 1.67. The van der Waals surface area contributed by atoms with Gasteiger partial charge in [-0.2, -0.15) is 13.2 Å². The molecule has 2 aromatic carbocycles. The molecule has 0 bridgehead atoms. The summed E-state index contributed by atoms with van der Waals surface area (Å²) in [4.78, 5) is 18.5. The second kappa shape index (κ2) is 7.91. The molecule has 8 heteroatoms. The molecular weight excluding hydrogens is 417 g/mol. The largest absolute Gasteiger partial charge is 0.416 e. The lowest BCUT2D eigenvalue weighted by molar-refractivity contribution is -0.137. The van der Waals surface area contributed by atoms with E-state index >= 15 is 0 Å². The van der Waals surface area contributed by atoms with E-state index < -0.39 is 11.7 Å². The minimum absolute atomic E-state index is 0.0868. The number of benzene rings is 2. The van der Waals surface area contributed by atoms with Crippen molar-refractivity contribution < 1.29 is 13.2 Å². The number of thioether (sulfide) groups is 2. The normalized spacial score (nSPS) is 13.5. The molecule has 0 spiro atoms. The minimum atomic E-state index is -4.35. The lowest BCUT2D eigenvalue weighted by Crippen LogP contribution is -2.23. The molecule has 0 saturated heterocycles. The van der Waals surface area contributed by atoms with Gasteiger partial charge in [0.1, 0.15) is 0 Å². The van der Waals surface area contributed by atoms with E-state index in [0.717, 1.165) is 46.8 Å². The van der Waals surface area contributed by atoms with Crippen LogP contribution in [0.1, 0.15) is 22.4 Å². The molecule has 150 valence electrons. The average molecular weight is 435 g/mol. The SMILES string of the molecule is Cc1ccc(-n2c(SCc3ccc(C(F)(F)F)cc3)nc3c(c2=O)SCC3)cc1. The maximum Gasteiger partial charge on any atom is 0.416 e. The molecule has 0 N–H and O–H groups in total. The van der Waals surface area contributed by atoms with Crippen LogP contribution in [0.2, 0.25) is 0 Å². The first-order chi connectivity index (χ1) is 13.8. The molecule has 1 aromatic heterocycles. The van der Waals surface area contributed by atoms with Crippen LogP contribution in [0.15, 0.2) is 63.4 Å². The molecule has 0 radical (unpaired) electrons. The van der Waals surface area contributed by atoms with Gasteiger partial charge in [-0.05, 0) is 36.8 Å². The lowest BCUT2D eigenvalue weighted by Gasteiger charge is -2.14. The smallest absolute Gasteiger partial charge is 0.268 e. The number of aromatic nitrogens is 2. The van der Waals surface area contributed by atoms with Gasteiger partial charge >= 0.3 is 6.18 Å². The van der Waals surface area contributed by atoms with Crippen molar-refractivity contribution in [1.82, 2.24) is 9.55 Å². The fourth-order valence-corrected chi connectivity index (χ4v) is 5.06. The van der Waals surface area contributed by atoms with Crippen molar-refractivity contribution in [3.05, 3.63) is 81.3 Å². The highest BCUT2D eigenvalue weighted by atomic mass is 32.2. The highest BCUT2D eigenvalue weighted by Gasteiger charge is 2.30.